The van der Waals surface area contributed by atoms with Crippen LogP contribution in [0.2, 0.25) is 0 Å². The van der Waals surface area contributed by atoms with Crippen molar-refractivity contribution in [3.8, 4) is 5.75 Å². The maximum absolute atomic E-state index is 12.3. The molecule has 1 aromatic heterocycles. The molecule has 1 saturated heterocycles. The molecule has 2 heterocycles. The van der Waals surface area contributed by atoms with Crippen molar-refractivity contribution in [3.63, 3.8) is 0 Å². The van der Waals surface area contributed by atoms with Crippen LogP contribution in [0.5, 0.6) is 5.75 Å². The summed E-state index contributed by atoms with van der Waals surface area (Å²) in [5, 5.41) is 8.81. The standard InChI is InChI=1S/C17H19F3N4O3S/c18-17(19,20)27-10-5-6-11-13(9-10)28-16(23-11)24-14(25)4-2-8-22-15(26)12-3-1-7-21-12/h5-6,9,12,21H,1-4,7-8H2,(H,22,26)(H,23,24,25)/t12-/m1/s1. The van der Waals surface area contributed by atoms with E-state index in [2.05, 4.69) is 25.7 Å². The van der Waals surface area contributed by atoms with Gasteiger partial charge in [-0.25, -0.2) is 4.98 Å². The molecule has 0 saturated carbocycles. The molecule has 0 radical (unpaired) electrons. The van der Waals surface area contributed by atoms with Gasteiger partial charge in [0.25, 0.3) is 0 Å². The molecule has 0 bridgehead atoms. The number of thiazole rings is 1. The number of ether oxygens (including phenoxy) is 1. The van der Waals surface area contributed by atoms with Crippen molar-refractivity contribution < 1.29 is 27.5 Å². The molecule has 1 aromatic carbocycles. The molecule has 1 atom stereocenters. The second-order valence-corrected chi connectivity index (χ2v) is 7.32. The van der Waals surface area contributed by atoms with Gasteiger partial charge in [0.1, 0.15) is 5.75 Å². The number of carbonyl (C=O) groups is 2. The summed E-state index contributed by atoms with van der Waals surface area (Å²) in [6.07, 6.45) is -2.31. The highest BCUT2D eigenvalue weighted by molar-refractivity contribution is 7.22. The van der Waals surface area contributed by atoms with Crippen molar-refractivity contribution in [2.45, 2.75) is 38.1 Å². The molecule has 2 aromatic rings. The minimum absolute atomic E-state index is 0.0547. The Hall–Kier alpha value is -2.40. The lowest BCUT2D eigenvalue weighted by Crippen LogP contribution is -2.40. The zero-order valence-corrected chi connectivity index (χ0v) is 15.6. The Morgan fingerprint density at radius 1 is 1.36 bits per heavy atom. The van der Waals surface area contributed by atoms with E-state index in [4.69, 9.17) is 0 Å². The van der Waals surface area contributed by atoms with E-state index in [9.17, 15) is 22.8 Å². The molecule has 152 valence electrons. The number of fused-ring (bicyclic) bond motifs is 1. The molecular weight excluding hydrogens is 397 g/mol. The van der Waals surface area contributed by atoms with Gasteiger partial charge in [0, 0.05) is 19.0 Å². The van der Waals surface area contributed by atoms with Gasteiger partial charge < -0.3 is 20.7 Å². The number of rotatable bonds is 7. The smallest absolute Gasteiger partial charge is 0.406 e. The van der Waals surface area contributed by atoms with E-state index in [1.165, 1.54) is 18.2 Å². The number of benzene rings is 1. The summed E-state index contributed by atoms with van der Waals surface area (Å²) in [5.41, 5.74) is 0.464. The summed E-state index contributed by atoms with van der Waals surface area (Å²) in [7, 11) is 0. The Morgan fingerprint density at radius 2 is 2.18 bits per heavy atom. The molecule has 0 aliphatic carbocycles. The fraction of sp³-hybridized carbons (Fsp3) is 0.471. The Morgan fingerprint density at radius 3 is 2.89 bits per heavy atom. The van der Waals surface area contributed by atoms with E-state index in [0.29, 0.717) is 28.3 Å². The Balaban J connectivity index is 1.45. The summed E-state index contributed by atoms with van der Waals surface area (Å²) < 4.78 is 41.2. The first-order valence-electron chi connectivity index (χ1n) is 8.77. The number of carbonyl (C=O) groups excluding carboxylic acids is 2. The summed E-state index contributed by atoms with van der Waals surface area (Å²) >= 11 is 1.06. The van der Waals surface area contributed by atoms with Gasteiger partial charge in [0.2, 0.25) is 11.8 Å². The first-order valence-corrected chi connectivity index (χ1v) is 9.59. The van der Waals surface area contributed by atoms with Gasteiger partial charge in [-0.15, -0.1) is 13.2 Å². The number of aromatic nitrogens is 1. The number of nitrogens with zero attached hydrogens (tertiary/aromatic N) is 1. The molecule has 3 N–H and O–H groups in total. The normalized spacial score (nSPS) is 16.9. The number of alkyl halides is 3. The van der Waals surface area contributed by atoms with Crippen LogP contribution in [0.15, 0.2) is 18.2 Å². The van der Waals surface area contributed by atoms with Crippen LogP contribution in [0.3, 0.4) is 0 Å². The minimum atomic E-state index is -4.77. The maximum Gasteiger partial charge on any atom is 0.573 e. The molecule has 1 aliphatic rings. The Bertz CT molecular complexity index is 850. The van der Waals surface area contributed by atoms with Gasteiger partial charge in [-0.1, -0.05) is 11.3 Å². The fourth-order valence-electron chi connectivity index (χ4n) is 2.83. The predicted molar refractivity (Wildman–Crippen MR) is 98.2 cm³/mol. The van der Waals surface area contributed by atoms with E-state index >= 15 is 0 Å². The first kappa shape index (κ1) is 20.3. The van der Waals surface area contributed by atoms with Gasteiger partial charge in [-0.2, -0.15) is 0 Å². The van der Waals surface area contributed by atoms with E-state index in [-0.39, 0.29) is 30.0 Å². The van der Waals surface area contributed by atoms with Gasteiger partial charge >= 0.3 is 6.36 Å². The van der Waals surface area contributed by atoms with Gasteiger partial charge in [0.05, 0.1) is 16.3 Å². The molecule has 0 spiro atoms. The highest BCUT2D eigenvalue weighted by Gasteiger charge is 2.31. The zero-order chi connectivity index (χ0) is 20.1. The number of amides is 2. The van der Waals surface area contributed by atoms with Crippen molar-refractivity contribution >= 4 is 38.5 Å². The molecule has 1 fully saturated rings. The third-order valence-corrected chi connectivity index (χ3v) is 5.03. The van der Waals surface area contributed by atoms with E-state index < -0.39 is 6.36 Å². The van der Waals surface area contributed by atoms with Crippen LogP contribution in [-0.2, 0) is 9.59 Å². The molecule has 2 amide bonds. The molecule has 0 unspecified atom stereocenters. The van der Waals surface area contributed by atoms with Gasteiger partial charge in [-0.05, 0) is 37.9 Å². The first-order chi connectivity index (χ1) is 13.3. The number of halogens is 3. The highest BCUT2D eigenvalue weighted by Crippen LogP contribution is 2.31. The number of nitrogens with one attached hydrogen (secondary N) is 3. The monoisotopic (exact) mass is 416 g/mol. The topological polar surface area (TPSA) is 92.4 Å². The summed E-state index contributed by atoms with van der Waals surface area (Å²) in [6.45, 7) is 1.23. The minimum Gasteiger partial charge on any atom is -0.406 e. The largest absolute Gasteiger partial charge is 0.573 e. The van der Waals surface area contributed by atoms with Crippen LogP contribution in [0.25, 0.3) is 10.2 Å². The molecule has 1 aliphatic heterocycles. The lowest BCUT2D eigenvalue weighted by Gasteiger charge is -2.10. The molecule has 28 heavy (non-hydrogen) atoms. The molecule has 11 heteroatoms. The molecule has 7 nitrogen and oxygen atoms in total. The van der Waals surface area contributed by atoms with Crippen LogP contribution in [0.4, 0.5) is 18.3 Å². The SMILES string of the molecule is O=C(CCCNC(=O)[C@H]1CCCN1)Nc1nc2ccc(OC(F)(F)F)cc2s1. The maximum atomic E-state index is 12.3. The van der Waals surface area contributed by atoms with Crippen molar-refractivity contribution in [2.75, 3.05) is 18.4 Å². The number of hydrogen-bond acceptors (Lipinski definition) is 6. The third kappa shape index (κ3) is 5.80. The number of anilines is 1. The summed E-state index contributed by atoms with van der Waals surface area (Å²) in [6, 6.07) is 3.64. The van der Waals surface area contributed by atoms with Crippen LogP contribution in [0, 0.1) is 0 Å². The average Bonchev–Trinajstić information content (AvgIpc) is 3.26. The van der Waals surface area contributed by atoms with Crippen molar-refractivity contribution in [1.29, 1.82) is 0 Å². The van der Waals surface area contributed by atoms with Crippen LogP contribution in [-0.4, -0.2) is 42.3 Å². The second kappa shape index (κ2) is 8.74. The van der Waals surface area contributed by atoms with Crippen LogP contribution < -0.4 is 20.7 Å². The Kier molecular flexibility index (Phi) is 6.35. The van der Waals surface area contributed by atoms with E-state index in [1.54, 1.807) is 0 Å². The van der Waals surface area contributed by atoms with E-state index in [0.717, 1.165) is 30.7 Å². The average molecular weight is 416 g/mol. The molecular formula is C17H19F3N4O3S. The van der Waals surface area contributed by atoms with Crippen molar-refractivity contribution in [1.82, 2.24) is 15.6 Å². The Labute approximate surface area is 162 Å². The zero-order valence-electron chi connectivity index (χ0n) is 14.8. The molecule has 3 rings (SSSR count). The third-order valence-electron chi connectivity index (χ3n) is 4.10. The lowest BCUT2D eigenvalue weighted by atomic mass is 10.2. The van der Waals surface area contributed by atoms with Gasteiger partial charge in [0.15, 0.2) is 5.13 Å². The summed E-state index contributed by atoms with van der Waals surface area (Å²) in [4.78, 5) is 28.0. The number of hydrogen-bond donors (Lipinski definition) is 3. The predicted octanol–water partition coefficient (Wildman–Crippen LogP) is 2.78. The highest BCUT2D eigenvalue weighted by atomic mass is 32.1. The fourth-order valence-corrected chi connectivity index (χ4v) is 3.74. The second-order valence-electron chi connectivity index (χ2n) is 6.29. The van der Waals surface area contributed by atoms with Crippen molar-refractivity contribution in [2.24, 2.45) is 0 Å². The van der Waals surface area contributed by atoms with Gasteiger partial charge in [-0.3, -0.25) is 9.59 Å². The summed E-state index contributed by atoms with van der Waals surface area (Å²) in [5.74, 6) is -0.672. The van der Waals surface area contributed by atoms with Crippen LogP contribution >= 0.6 is 11.3 Å². The van der Waals surface area contributed by atoms with E-state index in [1.807, 2.05) is 0 Å². The van der Waals surface area contributed by atoms with Crippen LogP contribution in [0.1, 0.15) is 25.7 Å². The lowest BCUT2D eigenvalue weighted by molar-refractivity contribution is -0.274. The quantitative estimate of drug-likeness (QED) is 0.604. The van der Waals surface area contributed by atoms with Crippen molar-refractivity contribution in [3.05, 3.63) is 18.2 Å².